The van der Waals surface area contributed by atoms with E-state index in [-0.39, 0.29) is 5.69 Å². The summed E-state index contributed by atoms with van der Waals surface area (Å²) in [6.07, 6.45) is 2.98. The van der Waals surface area contributed by atoms with Crippen LogP contribution in [-0.2, 0) is 0 Å². The predicted octanol–water partition coefficient (Wildman–Crippen LogP) is 2.03. The molecule has 0 aliphatic carbocycles. The number of primary amides is 1. The molecule has 0 saturated heterocycles. The number of nitrogens with zero attached hydrogens (tertiary/aromatic N) is 2. The summed E-state index contributed by atoms with van der Waals surface area (Å²) in [6.45, 7) is 2.01. The van der Waals surface area contributed by atoms with E-state index in [1.54, 1.807) is 6.20 Å². The molecule has 3 aromatic rings. The van der Waals surface area contributed by atoms with E-state index in [0.29, 0.717) is 5.69 Å². The minimum absolute atomic E-state index is 0.163. The van der Waals surface area contributed by atoms with Gasteiger partial charge in [-0.1, -0.05) is 18.2 Å². The van der Waals surface area contributed by atoms with Gasteiger partial charge < -0.3 is 10.7 Å². The van der Waals surface area contributed by atoms with Crippen molar-refractivity contribution in [1.82, 2.24) is 15.0 Å². The number of para-hydroxylation sites is 1. The molecular formula is C14H12N4O. The van der Waals surface area contributed by atoms with Gasteiger partial charge in [0.25, 0.3) is 5.91 Å². The van der Waals surface area contributed by atoms with Crippen molar-refractivity contribution in [2.45, 2.75) is 6.92 Å². The SMILES string of the molecule is Cc1c(-c2cncc(C(N)=O)n2)[nH]c2ccccc12. The lowest BCUT2D eigenvalue weighted by Crippen LogP contribution is -2.13. The van der Waals surface area contributed by atoms with Crippen molar-refractivity contribution in [2.24, 2.45) is 5.73 Å². The van der Waals surface area contributed by atoms with E-state index in [1.165, 1.54) is 6.20 Å². The molecule has 0 unspecified atom stereocenters. The lowest BCUT2D eigenvalue weighted by Gasteiger charge is -2.00. The monoisotopic (exact) mass is 252 g/mol. The molecule has 19 heavy (non-hydrogen) atoms. The number of aryl methyl sites for hydroxylation is 1. The molecule has 0 atom stereocenters. The molecule has 5 heteroatoms. The first-order valence-electron chi connectivity index (χ1n) is 5.86. The van der Waals surface area contributed by atoms with Gasteiger partial charge in [-0.15, -0.1) is 0 Å². The van der Waals surface area contributed by atoms with E-state index in [9.17, 15) is 4.79 Å². The summed E-state index contributed by atoms with van der Waals surface area (Å²) < 4.78 is 0. The molecule has 2 heterocycles. The van der Waals surface area contributed by atoms with Crippen molar-refractivity contribution < 1.29 is 4.79 Å². The second-order valence-electron chi connectivity index (χ2n) is 4.32. The van der Waals surface area contributed by atoms with Gasteiger partial charge in [-0.25, -0.2) is 4.98 Å². The number of nitrogens with two attached hydrogens (primary N) is 1. The van der Waals surface area contributed by atoms with Crippen molar-refractivity contribution in [3.8, 4) is 11.4 Å². The minimum atomic E-state index is -0.580. The normalized spacial score (nSPS) is 10.8. The van der Waals surface area contributed by atoms with E-state index in [4.69, 9.17) is 5.73 Å². The third-order valence-electron chi connectivity index (χ3n) is 3.11. The molecule has 0 bridgehead atoms. The molecule has 94 valence electrons. The molecule has 0 aliphatic rings. The van der Waals surface area contributed by atoms with Crippen molar-refractivity contribution in [3.05, 3.63) is 47.9 Å². The highest BCUT2D eigenvalue weighted by Gasteiger charge is 2.12. The smallest absolute Gasteiger partial charge is 0.268 e. The van der Waals surface area contributed by atoms with Crippen LogP contribution in [0.4, 0.5) is 0 Å². The Bertz CT molecular complexity index is 776. The first-order valence-corrected chi connectivity index (χ1v) is 5.86. The fourth-order valence-corrected chi connectivity index (χ4v) is 2.14. The van der Waals surface area contributed by atoms with Crippen LogP contribution >= 0.6 is 0 Å². The second-order valence-corrected chi connectivity index (χ2v) is 4.32. The molecule has 1 amide bonds. The highest BCUT2D eigenvalue weighted by atomic mass is 16.1. The van der Waals surface area contributed by atoms with Gasteiger partial charge in [-0.05, 0) is 18.6 Å². The van der Waals surface area contributed by atoms with E-state index in [0.717, 1.165) is 22.2 Å². The molecule has 5 nitrogen and oxygen atoms in total. The maximum absolute atomic E-state index is 11.2. The van der Waals surface area contributed by atoms with Gasteiger partial charge >= 0.3 is 0 Å². The van der Waals surface area contributed by atoms with Crippen molar-refractivity contribution in [2.75, 3.05) is 0 Å². The number of carbonyl (C=O) groups excluding carboxylic acids is 1. The number of aromatic amines is 1. The summed E-state index contributed by atoms with van der Waals surface area (Å²) >= 11 is 0. The number of hydrogen-bond acceptors (Lipinski definition) is 3. The van der Waals surface area contributed by atoms with E-state index < -0.39 is 5.91 Å². The summed E-state index contributed by atoms with van der Waals surface area (Å²) in [4.78, 5) is 22.7. The number of rotatable bonds is 2. The Hall–Kier alpha value is -2.69. The van der Waals surface area contributed by atoms with E-state index >= 15 is 0 Å². The molecule has 3 N–H and O–H groups in total. The Balaban J connectivity index is 2.21. The summed E-state index contributed by atoms with van der Waals surface area (Å²) in [5.41, 5.74) is 8.96. The Morgan fingerprint density at radius 2 is 2.05 bits per heavy atom. The largest absolute Gasteiger partial charge is 0.364 e. The highest BCUT2D eigenvalue weighted by molar-refractivity contribution is 5.92. The van der Waals surface area contributed by atoms with Gasteiger partial charge in [-0.2, -0.15) is 0 Å². The fraction of sp³-hybridized carbons (Fsp3) is 0.0714. The van der Waals surface area contributed by atoms with E-state index in [2.05, 4.69) is 15.0 Å². The van der Waals surface area contributed by atoms with Crippen molar-refractivity contribution in [1.29, 1.82) is 0 Å². The zero-order valence-electron chi connectivity index (χ0n) is 10.3. The van der Waals surface area contributed by atoms with Gasteiger partial charge in [0.05, 0.1) is 18.1 Å². The average molecular weight is 252 g/mol. The minimum Gasteiger partial charge on any atom is -0.364 e. The number of aromatic nitrogens is 3. The van der Waals surface area contributed by atoms with Crippen LogP contribution in [0.25, 0.3) is 22.3 Å². The molecule has 2 aromatic heterocycles. The molecular weight excluding hydrogens is 240 g/mol. The van der Waals surface area contributed by atoms with Crippen LogP contribution in [0.3, 0.4) is 0 Å². The second kappa shape index (κ2) is 4.20. The molecule has 0 radical (unpaired) electrons. The zero-order valence-corrected chi connectivity index (χ0v) is 10.3. The lowest BCUT2D eigenvalue weighted by molar-refractivity contribution is 0.0995. The quantitative estimate of drug-likeness (QED) is 0.731. The van der Waals surface area contributed by atoms with Crippen LogP contribution in [0.15, 0.2) is 36.7 Å². The van der Waals surface area contributed by atoms with Crippen LogP contribution in [0.5, 0.6) is 0 Å². The molecule has 0 aliphatic heterocycles. The number of carbonyl (C=O) groups is 1. The third-order valence-corrected chi connectivity index (χ3v) is 3.11. The number of benzene rings is 1. The van der Waals surface area contributed by atoms with Crippen LogP contribution in [-0.4, -0.2) is 20.9 Å². The van der Waals surface area contributed by atoms with Gasteiger partial charge in [0, 0.05) is 10.9 Å². The van der Waals surface area contributed by atoms with Crippen molar-refractivity contribution in [3.63, 3.8) is 0 Å². The first-order chi connectivity index (χ1) is 9.16. The van der Waals surface area contributed by atoms with Crippen LogP contribution < -0.4 is 5.73 Å². The van der Waals surface area contributed by atoms with Crippen LogP contribution in [0, 0.1) is 6.92 Å². The number of H-pyrrole nitrogens is 1. The fourth-order valence-electron chi connectivity index (χ4n) is 2.14. The lowest BCUT2D eigenvalue weighted by atomic mass is 10.1. The topological polar surface area (TPSA) is 84.7 Å². The van der Waals surface area contributed by atoms with Gasteiger partial charge in [-0.3, -0.25) is 9.78 Å². The molecule has 3 rings (SSSR count). The Kier molecular flexibility index (Phi) is 2.52. The standard InChI is InChI=1S/C14H12N4O/c1-8-9-4-2-3-5-10(9)18-13(8)11-6-16-7-12(17-11)14(15)19/h2-7,18H,1H3,(H2,15,19). The van der Waals surface area contributed by atoms with E-state index in [1.807, 2.05) is 31.2 Å². The predicted molar refractivity (Wildman–Crippen MR) is 72.6 cm³/mol. The number of fused-ring (bicyclic) bond motifs is 1. The molecule has 0 spiro atoms. The molecule has 0 fully saturated rings. The van der Waals surface area contributed by atoms with Crippen LogP contribution in [0.1, 0.15) is 16.1 Å². The summed E-state index contributed by atoms with van der Waals surface area (Å²) in [7, 11) is 0. The summed E-state index contributed by atoms with van der Waals surface area (Å²) in [6, 6.07) is 7.99. The van der Waals surface area contributed by atoms with Gasteiger partial charge in [0.2, 0.25) is 0 Å². The van der Waals surface area contributed by atoms with Gasteiger partial charge in [0.1, 0.15) is 11.4 Å². The summed E-state index contributed by atoms with van der Waals surface area (Å²) in [5.74, 6) is -0.580. The Labute approximate surface area is 109 Å². The Morgan fingerprint density at radius 3 is 2.79 bits per heavy atom. The molecule has 0 saturated carbocycles. The van der Waals surface area contributed by atoms with Crippen molar-refractivity contribution >= 4 is 16.8 Å². The highest BCUT2D eigenvalue weighted by Crippen LogP contribution is 2.27. The maximum Gasteiger partial charge on any atom is 0.268 e. The Morgan fingerprint density at radius 1 is 1.26 bits per heavy atom. The number of hydrogen-bond donors (Lipinski definition) is 2. The maximum atomic E-state index is 11.2. The summed E-state index contributed by atoms with van der Waals surface area (Å²) in [5, 5.41) is 1.13. The third kappa shape index (κ3) is 1.85. The van der Waals surface area contributed by atoms with Crippen LogP contribution in [0.2, 0.25) is 0 Å². The number of nitrogens with one attached hydrogen (secondary N) is 1. The van der Waals surface area contributed by atoms with Gasteiger partial charge in [0.15, 0.2) is 0 Å². The first kappa shape index (κ1) is 11.4. The number of amides is 1. The average Bonchev–Trinajstić information content (AvgIpc) is 2.77. The zero-order chi connectivity index (χ0) is 13.4. The molecule has 1 aromatic carbocycles.